The highest BCUT2D eigenvalue weighted by Crippen LogP contribution is 2.32. The molecule has 2 nitrogen and oxygen atoms in total. The van der Waals surface area contributed by atoms with Crippen molar-refractivity contribution in [3.8, 4) is 12.3 Å². The Morgan fingerprint density at radius 3 is 2.68 bits per heavy atom. The van der Waals surface area contributed by atoms with E-state index in [-0.39, 0.29) is 11.6 Å². The fourth-order valence-electron chi connectivity index (χ4n) is 2.17. The molecule has 0 radical (unpaired) electrons. The molecule has 1 atom stereocenters. The highest BCUT2D eigenvalue weighted by Gasteiger charge is 2.31. The van der Waals surface area contributed by atoms with Gasteiger partial charge < -0.3 is 10.6 Å². The molecule has 1 aliphatic rings. The Hall–Kier alpha value is -1.67. The number of alkyl halides is 3. The predicted molar refractivity (Wildman–Crippen MR) is 68.9 cm³/mol. The monoisotopic (exact) mass is 268 g/mol. The molecule has 1 saturated heterocycles. The Kier molecular flexibility index (Phi) is 4.01. The Morgan fingerprint density at radius 1 is 1.32 bits per heavy atom. The summed E-state index contributed by atoms with van der Waals surface area (Å²) in [6.45, 7) is 1.71. The average Bonchev–Trinajstić information content (AvgIpc) is 2.38. The summed E-state index contributed by atoms with van der Waals surface area (Å²) < 4.78 is 38.3. The quantitative estimate of drug-likeness (QED) is 0.806. The van der Waals surface area contributed by atoms with Crippen LogP contribution in [0.15, 0.2) is 18.2 Å². The van der Waals surface area contributed by atoms with Gasteiger partial charge in [-0.05, 0) is 37.6 Å². The molecule has 1 aromatic rings. The van der Waals surface area contributed by atoms with Crippen molar-refractivity contribution >= 4 is 5.69 Å². The first-order valence-electron chi connectivity index (χ1n) is 6.15. The van der Waals surface area contributed by atoms with E-state index in [9.17, 15) is 13.2 Å². The van der Waals surface area contributed by atoms with E-state index in [2.05, 4.69) is 16.6 Å². The first kappa shape index (κ1) is 13.8. The van der Waals surface area contributed by atoms with Crippen LogP contribution in [0.2, 0.25) is 0 Å². The zero-order valence-corrected chi connectivity index (χ0v) is 10.3. The lowest BCUT2D eigenvalue weighted by Crippen LogP contribution is -2.38. The van der Waals surface area contributed by atoms with Crippen molar-refractivity contribution in [1.82, 2.24) is 5.32 Å². The van der Waals surface area contributed by atoms with Gasteiger partial charge in [0.05, 0.1) is 5.56 Å². The normalized spacial score (nSPS) is 19.8. The van der Waals surface area contributed by atoms with Crippen LogP contribution in [0.25, 0.3) is 0 Å². The molecule has 102 valence electrons. The number of halogens is 3. The molecule has 0 aromatic heterocycles. The molecule has 0 saturated carbocycles. The minimum absolute atomic E-state index is 0.142. The van der Waals surface area contributed by atoms with Crippen LogP contribution in [-0.2, 0) is 6.18 Å². The summed E-state index contributed by atoms with van der Waals surface area (Å²) in [4.78, 5) is 0. The molecule has 1 fully saturated rings. The van der Waals surface area contributed by atoms with E-state index in [0.29, 0.717) is 5.69 Å². The first-order chi connectivity index (χ1) is 8.99. The summed E-state index contributed by atoms with van der Waals surface area (Å²) in [7, 11) is 0. The Balaban J connectivity index is 2.22. The highest BCUT2D eigenvalue weighted by atomic mass is 19.4. The second-order valence-corrected chi connectivity index (χ2v) is 4.63. The van der Waals surface area contributed by atoms with Crippen LogP contribution >= 0.6 is 0 Å². The average molecular weight is 268 g/mol. The second-order valence-electron chi connectivity index (χ2n) is 4.63. The van der Waals surface area contributed by atoms with Gasteiger partial charge in [-0.1, -0.05) is 5.92 Å². The topological polar surface area (TPSA) is 24.1 Å². The zero-order chi connectivity index (χ0) is 13.9. The third kappa shape index (κ3) is 3.65. The molecule has 1 aromatic carbocycles. The first-order valence-corrected chi connectivity index (χ1v) is 6.15. The van der Waals surface area contributed by atoms with Crippen LogP contribution in [0.5, 0.6) is 0 Å². The van der Waals surface area contributed by atoms with Gasteiger partial charge in [-0.2, -0.15) is 13.2 Å². The van der Waals surface area contributed by atoms with Crippen LogP contribution in [0, 0.1) is 12.3 Å². The van der Waals surface area contributed by atoms with Gasteiger partial charge >= 0.3 is 6.18 Å². The lowest BCUT2D eigenvalue weighted by Gasteiger charge is -2.25. The van der Waals surface area contributed by atoms with Gasteiger partial charge in [0.1, 0.15) is 0 Å². The van der Waals surface area contributed by atoms with Crippen LogP contribution < -0.4 is 10.6 Å². The summed E-state index contributed by atoms with van der Waals surface area (Å²) in [5.74, 6) is 2.26. The summed E-state index contributed by atoms with van der Waals surface area (Å²) >= 11 is 0. The minimum atomic E-state index is -4.38. The molecule has 19 heavy (non-hydrogen) atoms. The maximum Gasteiger partial charge on any atom is 0.416 e. The summed E-state index contributed by atoms with van der Waals surface area (Å²) in [6.07, 6.45) is 2.78. The van der Waals surface area contributed by atoms with Crippen LogP contribution in [0.3, 0.4) is 0 Å². The van der Waals surface area contributed by atoms with E-state index in [1.165, 1.54) is 0 Å². The van der Waals surface area contributed by atoms with Crippen molar-refractivity contribution in [2.45, 2.75) is 25.1 Å². The van der Waals surface area contributed by atoms with E-state index >= 15 is 0 Å². The molecule has 0 spiro atoms. The summed E-state index contributed by atoms with van der Waals surface area (Å²) in [5, 5.41) is 6.31. The molecule has 5 heteroatoms. The lowest BCUT2D eigenvalue weighted by atomic mass is 10.1. The zero-order valence-electron chi connectivity index (χ0n) is 10.3. The Bertz CT molecular complexity index is 482. The fourth-order valence-corrected chi connectivity index (χ4v) is 2.17. The fraction of sp³-hybridized carbons (Fsp3) is 0.429. The molecule has 2 N–H and O–H groups in total. The molecule has 1 aliphatic heterocycles. The van der Waals surface area contributed by atoms with Crippen LogP contribution in [0.4, 0.5) is 18.9 Å². The van der Waals surface area contributed by atoms with Gasteiger partial charge in [0.2, 0.25) is 0 Å². The van der Waals surface area contributed by atoms with Gasteiger partial charge in [0.25, 0.3) is 0 Å². The number of hydrogen-bond acceptors (Lipinski definition) is 2. The van der Waals surface area contributed by atoms with E-state index in [4.69, 9.17) is 6.42 Å². The van der Waals surface area contributed by atoms with Crippen LogP contribution in [0.1, 0.15) is 24.0 Å². The molecular formula is C14H15F3N2. The largest absolute Gasteiger partial charge is 0.416 e. The summed E-state index contributed by atoms with van der Waals surface area (Å²) in [5.41, 5.74) is -0.0493. The van der Waals surface area contributed by atoms with Gasteiger partial charge in [0.15, 0.2) is 0 Å². The smallest absolute Gasteiger partial charge is 0.381 e. The molecule has 0 aliphatic carbocycles. The number of piperidine rings is 1. The number of nitrogens with one attached hydrogen (secondary N) is 2. The van der Waals surface area contributed by atoms with Crippen molar-refractivity contribution in [3.63, 3.8) is 0 Å². The van der Waals surface area contributed by atoms with E-state index in [1.54, 1.807) is 6.07 Å². The van der Waals surface area contributed by atoms with Gasteiger partial charge in [-0.25, -0.2) is 0 Å². The van der Waals surface area contributed by atoms with Crippen molar-refractivity contribution in [2.24, 2.45) is 0 Å². The van der Waals surface area contributed by atoms with Crippen molar-refractivity contribution < 1.29 is 13.2 Å². The van der Waals surface area contributed by atoms with Gasteiger partial charge in [-0.15, -0.1) is 6.42 Å². The molecule has 0 unspecified atom stereocenters. The molecule has 2 rings (SSSR count). The third-order valence-electron chi connectivity index (χ3n) is 3.09. The van der Waals surface area contributed by atoms with E-state index < -0.39 is 11.7 Å². The third-order valence-corrected chi connectivity index (χ3v) is 3.09. The number of hydrogen-bond donors (Lipinski definition) is 2. The molecular weight excluding hydrogens is 253 g/mol. The number of benzene rings is 1. The van der Waals surface area contributed by atoms with Gasteiger partial charge in [0, 0.05) is 23.8 Å². The summed E-state index contributed by atoms with van der Waals surface area (Å²) in [6, 6.07) is 3.81. The van der Waals surface area contributed by atoms with Crippen molar-refractivity contribution in [1.29, 1.82) is 0 Å². The maximum absolute atomic E-state index is 12.8. The lowest BCUT2D eigenvalue weighted by molar-refractivity contribution is -0.137. The van der Waals surface area contributed by atoms with E-state index in [0.717, 1.165) is 38.1 Å². The predicted octanol–water partition coefficient (Wildman–Crippen LogP) is 2.85. The number of anilines is 1. The minimum Gasteiger partial charge on any atom is -0.381 e. The molecule has 0 bridgehead atoms. The maximum atomic E-state index is 12.8. The SMILES string of the molecule is C#Cc1cc(N[C@@H]2CCCNC2)cc(C(F)(F)F)c1. The molecule has 1 heterocycles. The standard InChI is InChI=1S/C14H15F3N2/c1-2-10-6-11(14(15,16)17)8-13(7-10)19-12-4-3-5-18-9-12/h1,6-8,12,18-19H,3-5,9H2/t12-/m1/s1. The Morgan fingerprint density at radius 2 is 2.11 bits per heavy atom. The van der Waals surface area contributed by atoms with E-state index in [1.807, 2.05) is 0 Å². The van der Waals surface area contributed by atoms with Crippen molar-refractivity contribution in [3.05, 3.63) is 29.3 Å². The number of terminal acetylenes is 1. The van der Waals surface area contributed by atoms with Crippen molar-refractivity contribution in [2.75, 3.05) is 18.4 Å². The van der Waals surface area contributed by atoms with Gasteiger partial charge in [-0.3, -0.25) is 0 Å². The Labute approximate surface area is 110 Å². The number of rotatable bonds is 2. The molecule has 0 amide bonds. The highest BCUT2D eigenvalue weighted by molar-refractivity contribution is 5.54. The second kappa shape index (κ2) is 5.54. The van der Waals surface area contributed by atoms with Crippen LogP contribution in [-0.4, -0.2) is 19.1 Å².